The number of nitrogens with zero attached hydrogens (tertiary/aromatic N) is 2. The summed E-state index contributed by atoms with van der Waals surface area (Å²) in [4.78, 5) is 0. The van der Waals surface area contributed by atoms with Gasteiger partial charge in [0.15, 0.2) is 0 Å². The molecule has 0 saturated heterocycles. The van der Waals surface area contributed by atoms with Crippen molar-refractivity contribution in [2.24, 2.45) is 5.73 Å². The van der Waals surface area contributed by atoms with E-state index in [0.717, 1.165) is 42.2 Å². The number of halogens is 1. The third kappa shape index (κ3) is 4.81. The van der Waals surface area contributed by atoms with E-state index in [-0.39, 0.29) is 6.04 Å². The lowest BCUT2D eigenvalue weighted by molar-refractivity contribution is 0.521. The lowest BCUT2D eigenvalue weighted by Crippen LogP contribution is -2.24. The summed E-state index contributed by atoms with van der Waals surface area (Å²) < 4.78 is 2.01. The van der Waals surface area contributed by atoms with E-state index in [1.54, 1.807) is 0 Å². The number of aryl methyl sites for hydroxylation is 2. The molecular weight excluding hydrogens is 258 g/mol. The molecule has 1 rings (SSSR count). The van der Waals surface area contributed by atoms with E-state index in [4.69, 9.17) is 17.3 Å². The Morgan fingerprint density at radius 1 is 1.21 bits per heavy atom. The smallest absolute Gasteiger partial charge is 0.0850 e. The maximum absolute atomic E-state index is 6.40. The molecule has 0 aliphatic heterocycles. The van der Waals surface area contributed by atoms with Gasteiger partial charge in [-0.1, -0.05) is 51.1 Å². The fraction of sp³-hybridized carbons (Fsp3) is 0.800. The molecule has 1 aromatic rings. The molecule has 0 aromatic carbocycles. The van der Waals surface area contributed by atoms with Gasteiger partial charge >= 0.3 is 0 Å². The van der Waals surface area contributed by atoms with Gasteiger partial charge in [0.2, 0.25) is 0 Å². The predicted octanol–water partition coefficient (Wildman–Crippen LogP) is 3.96. The van der Waals surface area contributed by atoms with Crippen molar-refractivity contribution in [2.45, 2.75) is 78.3 Å². The fourth-order valence-electron chi connectivity index (χ4n) is 2.40. The van der Waals surface area contributed by atoms with Gasteiger partial charge in [-0.05, 0) is 19.8 Å². The number of aromatic nitrogens is 2. The summed E-state index contributed by atoms with van der Waals surface area (Å²) in [5, 5.41) is 5.37. The van der Waals surface area contributed by atoms with Gasteiger partial charge in [0.25, 0.3) is 0 Å². The lowest BCUT2D eigenvalue weighted by Gasteiger charge is -2.13. The number of nitrogens with two attached hydrogens (primary N) is 1. The molecule has 1 unspecified atom stereocenters. The van der Waals surface area contributed by atoms with Gasteiger partial charge in [-0.25, -0.2) is 0 Å². The van der Waals surface area contributed by atoms with Crippen molar-refractivity contribution in [3.8, 4) is 0 Å². The molecule has 19 heavy (non-hydrogen) atoms. The van der Waals surface area contributed by atoms with Crippen molar-refractivity contribution in [1.29, 1.82) is 0 Å². The molecule has 0 aliphatic rings. The van der Waals surface area contributed by atoms with Gasteiger partial charge in [-0.2, -0.15) is 5.10 Å². The molecule has 1 aromatic heterocycles. The standard InChI is InChI=1S/C15H28ClN3/c1-4-7-8-9-10-12(17)11-14-15(16)13(5-2)18-19(14)6-3/h12H,4-11,17H2,1-3H3. The van der Waals surface area contributed by atoms with Gasteiger partial charge in [-0.3, -0.25) is 4.68 Å². The van der Waals surface area contributed by atoms with Crippen LogP contribution in [-0.4, -0.2) is 15.8 Å². The zero-order chi connectivity index (χ0) is 14.3. The highest BCUT2D eigenvalue weighted by molar-refractivity contribution is 6.31. The van der Waals surface area contributed by atoms with Crippen molar-refractivity contribution >= 4 is 11.6 Å². The van der Waals surface area contributed by atoms with Crippen LogP contribution in [0.2, 0.25) is 5.02 Å². The largest absolute Gasteiger partial charge is 0.327 e. The highest BCUT2D eigenvalue weighted by Gasteiger charge is 2.16. The fourth-order valence-corrected chi connectivity index (χ4v) is 2.74. The van der Waals surface area contributed by atoms with E-state index in [9.17, 15) is 0 Å². The molecular formula is C15H28ClN3. The molecule has 0 saturated carbocycles. The number of rotatable bonds is 9. The van der Waals surface area contributed by atoms with Gasteiger partial charge in [0, 0.05) is 19.0 Å². The molecule has 110 valence electrons. The zero-order valence-corrected chi connectivity index (χ0v) is 13.3. The Kier molecular flexibility index (Phi) is 7.47. The number of unbranched alkanes of at least 4 members (excludes halogenated alkanes) is 3. The van der Waals surface area contributed by atoms with Crippen LogP contribution in [0.15, 0.2) is 0 Å². The Bertz CT molecular complexity index is 374. The Balaban J connectivity index is 2.57. The average molecular weight is 286 g/mol. The Morgan fingerprint density at radius 2 is 1.95 bits per heavy atom. The minimum atomic E-state index is 0.195. The van der Waals surface area contributed by atoms with E-state index in [1.807, 2.05) is 4.68 Å². The second kappa shape index (κ2) is 8.60. The Labute approximate surface area is 122 Å². The van der Waals surface area contributed by atoms with Crippen molar-refractivity contribution in [3.05, 3.63) is 16.4 Å². The molecule has 0 amide bonds. The summed E-state index contributed by atoms with van der Waals surface area (Å²) in [5.74, 6) is 0. The Hall–Kier alpha value is -0.540. The summed E-state index contributed by atoms with van der Waals surface area (Å²) >= 11 is 6.40. The molecule has 1 atom stereocenters. The van der Waals surface area contributed by atoms with Crippen LogP contribution in [-0.2, 0) is 19.4 Å². The SMILES string of the molecule is CCCCCCC(N)Cc1c(Cl)c(CC)nn1CC. The van der Waals surface area contributed by atoms with Crippen molar-refractivity contribution in [2.75, 3.05) is 0 Å². The van der Waals surface area contributed by atoms with E-state index < -0.39 is 0 Å². The molecule has 3 nitrogen and oxygen atoms in total. The summed E-state index contributed by atoms with van der Waals surface area (Å²) in [7, 11) is 0. The first-order valence-electron chi connectivity index (χ1n) is 7.63. The zero-order valence-electron chi connectivity index (χ0n) is 12.6. The van der Waals surface area contributed by atoms with Crippen molar-refractivity contribution < 1.29 is 0 Å². The monoisotopic (exact) mass is 285 g/mol. The Morgan fingerprint density at radius 3 is 2.53 bits per heavy atom. The second-order valence-electron chi connectivity index (χ2n) is 5.19. The van der Waals surface area contributed by atoms with E-state index in [2.05, 4.69) is 25.9 Å². The molecule has 2 N–H and O–H groups in total. The summed E-state index contributed by atoms with van der Waals surface area (Å²) in [6.07, 6.45) is 7.87. The third-order valence-electron chi connectivity index (χ3n) is 3.58. The van der Waals surface area contributed by atoms with Crippen LogP contribution in [0.25, 0.3) is 0 Å². The van der Waals surface area contributed by atoms with Crippen molar-refractivity contribution in [1.82, 2.24) is 9.78 Å². The molecule has 0 radical (unpaired) electrons. The van der Waals surface area contributed by atoms with Crippen LogP contribution in [0.4, 0.5) is 0 Å². The van der Waals surface area contributed by atoms with Crippen LogP contribution in [0.5, 0.6) is 0 Å². The minimum Gasteiger partial charge on any atom is -0.327 e. The molecule has 0 fully saturated rings. The first kappa shape index (κ1) is 16.5. The molecule has 0 bridgehead atoms. The van der Waals surface area contributed by atoms with Gasteiger partial charge in [0.1, 0.15) is 0 Å². The predicted molar refractivity (Wildman–Crippen MR) is 82.7 cm³/mol. The van der Waals surface area contributed by atoms with Crippen LogP contribution in [0.3, 0.4) is 0 Å². The van der Waals surface area contributed by atoms with Crippen LogP contribution in [0, 0.1) is 0 Å². The third-order valence-corrected chi connectivity index (χ3v) is 4.01. The molecule has 0 spiro atoms. The first-order valence-corrected chi connectivity index (χ1v) is 8.01. The lowest BCUT2D eigenvalue weighted by atomic mass is 10.0. The quantitative estimate of drug-likeness (QED) is 0.698. The summed E-state index contributed by atoms with van der Waals surface area (Å²) in [6, 6.07) is 0.195. The molecule has 4 heteroatoms. The summed E-state index contributed by atoms with van der Waals surface area (Å²) in [6.45, 7) is 7.27. The van der Waals surface area contributed by atoms with Crippen LogP contribution in [0.1, 0.15) is 64.3 Å². The van der Waals surface area contributed by atoms with Crippen LogP contribution < -0.4 is 5.73 Å². The highest BCUT2D eigenvalue weighted by atomic mass is 35.5. The normalized spacial score (nSPS) is 12.9. The minimum absolute atomic E-state index is 0.195. The topological polar surface area (TPSA) is 43.8 Å². The average Bonchev–Trinajstić information content (AvgIpc) is 2.71. The van der Waals surface area contributed by atoms with Crippen molar-refractivity contribution in [3.63, 3.8) is 0 Å². The number of hydrogen-bond acceptors (Lipinski definition) is 2. The van der Waals surface area contributed by atoms with Gasteiger partial charge in [0.05, 0.1) is 16.4 Å². The molecule has 1 heterocycles. The summed E-state index contributed by atoms with van der Waals surface area (Å²) in [5.41, 5.74) is 8.34. The number of hydrogen-bond donors (Lipinski definition) is 1. The van der Waals surface area contributed by atoms with Gasteiger partial charge in [-0.15, -0.1) is 0 Å². The van der Waals surface area contributed by atoms with E-state index in [0.29, 0.717) is 0 Å². The maximum Gasteiger partial charge on any atom is 0.0850 e. The van der Waals surface area contributed by atoms with E-state index >= 15 is 0 Å². The van der Waals surface area contributed by atoms with E-state index in [1.165, 1.54) is 25.7 Å². The highest BCUT2D eigenvalue weighted by Crippen LogP contribution is 2.23. The van der Waals surface area contributed by atoms with Gasteiger partial charge < -0.3 is 5.73 Å². The van der Waals surface area contributed by atoms with Crippen LogP contribution >= 0.6 is 11.6 Å². The maximum atomic E-state index is 6.40. The second-order valence-corrected chi connectivity index (χ2v) is 5.57. The first-order chi connectivity index (χ1) is 9.13. The molecule has 0 aliphatic carbocycles.